The average Bonchev–Trinajstić information content (AvgIpc) is 3.08. The Bertz CT molecular complexity index is 638. The van der Waals surface area contributed by atoms with Crippen LogP contribution in [-0.4, -0.2) is 62.9 Å². The molecule has 1 fully saturated rings. The van der Waals surface area contributed by atoms with Gasteiger partial charge in [0, 0.05) is 12.6 Å². The highest BCUT2D eigenvalue weighted by molar-refractivity contribution is 6.34. The molecule has 0 aromatic heterocycles. The van der Waals surface area contributed by atoms with E-state index in [2.05, 4.69) is 17.1 Å². The summed E-state index contributed by atoms with van der Waals surface area (Å²) in [4.78, 5) is 15.1. The number of hydrogen-bond acceptors (Lipinski definition) is 6. The highest BCUT2D eigenvalue weighted by atomic mass is 35.5. The van der Waals surface area contributed by atoms with Crippen molar-refractivity contribution in [3.8, 4) is 23.0 Å². The fourth-order valence-corrected chi connectivity index (χ4v) is 3.52. The zero-order valence-electron chi connectivity index (χ0n) is 15.0. The molecule has 1 aromatic rings. The second-order valence-corrected chi connectivity index (χ2v) is 6.15. The molecule has 0 bridgehead atoms. The molecule has 0 saturated carbocycles. The van der Waals surface area contributed by atoms with Gasteiger partial charge in [-0.05, 0) is 25.9 Å². The highest BCUT2D eigenvalue weighted by Gasteiger charge is 2.31. The topological polar surface area (TPSA) is 80.3 Å². The number of likely N-dealkylation sites (N-methyl/N-ethyl adjacent to an activating group) is 1. The van der Waals surface area contributed by atoms with Crippen molar-refractivity contribution in [2.75, 3.05) is 41.0 Å². The van der Waals surface area contributed by atoms with Crippen molar-refractivity contribution in [2.24, 2.45) is 0 Å². The largest absolute Gasteiger partial charge is 0.503 e. The summed E-state index contributed by atoms with van der Waals surface area (Å²) in [5.74, 6) is -0.598. The van der Waals surface area contributed by atoms with Gasteiger partial charge < -0.3 is 24.6 Å². The standard InChI is InChI=1S/C17H25ClN2O5/c1-5-20-8-6-7-10(20)9-19-17(22)11-14(23-2)12(18)13(21)16(25-4)15(11)24-3/h10,21H,5-9H2,1-4H3,(H,19,22). The first-order valence-corrected chi connectivity index (χ1v) is 8.60. The summed E-state index contributed by atoms with van der Waals surface area (Å²) in [7, 11) is 4.12. The molecule has 0 aliphatic carbocycles. The molecule has 140 valence electrons. The molecule has 1 heterocycles. The van der Waals surface area contributed by atoms with Crippen molar-refractivity contribution in [1.29, 1.82) is 0 Å². The van der Waals surface area contributed by atoms with Crippen molar-refractivity contribution < 1.29 is 24.1 Å². The third kappa shape index (κ3) is 3.72. The Balaban J connectivity index is 2.33. The lowest BCUT2D eigenvalue weighted by atomic mass is 10.1. The van der Waals surface area contributed by atoms with Gasteiger partial charge in [0.15, 0.2) is 17.2 Å². The van der Waals surface area contributed by atoms with Gasteiger partial charge in [-0.15, -0.1) is 0 Å². The third-order valence-electron chi connectivity index (χ3n) is 4.53. The predicted molar refractivity (Wildman–Crippen MR) is 95.4 cm³/mol. The van der Waals surface area contributed by atoms with E-state index < -0.39 is 5.91 Å². The molecule has 2 rings (SSSR count). The van der Waals surface area contributed by atoms with Crippen LogP contribution in [0.15, 0.2) is 0 Å². The van der Waals surface area contributed by atoms with Crippen LogP contribution in [0.2, 0.25) is 5.02 Å². The number of ether oxygens (including phenoxy) is 3. The number of rotatable bonds is 7. The number of methoxy groups -OCH3 is 3. The lowest BCUT2D eigenvalue weighted by Gasteiger charge is -2.24. The Hall–Kier alpha value is -1.86. The molecule has 1 unspecified atom stereocenters. The number of carbonyl (C=O) groups excluding carboxylic acids is 1. The molecule has 1 saturated heterocycles. The fraction of sp³-hybridized carbons (Fsp3) is 0.588. The van der Waals surface area contributed by atoms with Gasteiger partial charge in [-0.2, -0.15) is 0 Å². The van der Waals surface area contributed by atoms with Crippen LogP contribution < -0.4 is 19.5 Å². The summed E-state index contributed by atoms with van der Waals surface area (Å²) in [5, 5.41) is 13.0. The van der Waals surface area contributed by atoms with E-state index in [0.717, 1.165) is 25.9 Å². The number of carbonyl (C=O) groups is 1. The molecule has 8 heteroatoms. The maximum Gasteiger partial charge on any atom is 0.259 e. The minimum absolute atomic E-state index is 0.00509. The Labute approximate surface area is 152 Å². The van der Waals surface area contributed by atoms with Gasteiger partial charge in [-0.1, -0.05) is 18.5 Å². The number of nitrogens with one attached hydrogen (secondary N) is 1. The zero-order chi connectivity index (χ0) is 18.6. The lowest BCUT2D eigenvalue weighted by Crippen LogP contribution is -2.40. The number of hydrogen-bond donors (Lipinski definition) is 2. The van der Waals surface area contributed by atoms with Crippen molar-refractivity contribution in [2.45, 2.75) is 25.8 Å². The molecule has 25 heavy (non-hydrogen) atoms. The number of nitrogens with zero attached hydrogens (tertiary/aromatic N) is 1. The SMILES string of the molecule is CCN1CCCC1CNC(=O)c1c(OC)c(Cl)c(O)c(OC)c1OC. The number of benzene rings is 1. The van der Waals surface area contributed by atoms with E-state index in [9.17, 15) is 9.90 Å². The fourth-order valence-electron chi connectivity index (χ4n) is 3.26. The van der Waals surface area contributed by atoms with E-state index >= 15 is 0 Å². The Morgan fingerprint density at radius 3 is 2.44 bits per heavy atom. The number of amides is 1. The van der Waals surface area contributed by atoms with Crippen LogP contribution in [0.5, 0.6) is 23.0 Å². The van der Waals surface area contributed by atoms with E-state index in [1.54, 1.807) is 0 Å². The summed E-state index contributed by atoms with van der Waals surface area (Å²) in [5.41, 5.74) is 0.102. The van der Waals surface area contributed by atoms with Crippen LogP contribution in [0.3, 0.4) is 0 Å². The van der Waals surface area contributed by atoms with Gasteiger partial charge in [0.1, 0.15) is 10.6 Å². The zero-order valence-corrected chi connectivity index (χ0v) is 15.8. The van der Waals surface area contributed by atoms with E-state index in [4.69, 9.17) is 25.8 Å². The minimum Gasteiger partial charge on any atom is -0.503 e. The van der Waals surface area contributed by atoms with Crippen LogP contribution in [0.4, 0.5) is 0 Å². The van der Waals surface area contributed by atoms with Crippen LogP contribution in [0.25, 0.3) is 0 Å². The molecule has 1 aromatic carbocycles. The van der Waals surface area contributed by atoms with Crippen molar-refractivity contribution in [1.82, 2.24) is 10.2 Å². The minimum atomic E-state index is -0.392. The first-order chi connectivity index (χ1) is 12.0. The smallest absolute Gasteiger partial charge is 0.259 e. The molecular formula is C17H25ClN2O5. The maximum absolute atomic E-state index is 12.8. The van der Waals surface area contributed by atoms with Gasteiger partial charge in [0.05, 0.1) is 21.3 Å². The van der Waals surface area contributed by atoms with Gasteiger partial charge in [-0.25, -0.2) is 0 Å². The normalized spacial score (nSPS) is 17.4. The van der Waals surface area contributed by atoms with Crippen LogP contribution in [0, 0.1) is 0 Å². The number of halogens is 1. The van der Waals surface area contributed by atoms with E-state index in [0.29, 0.717) is 12.6 Å². The van der Waals surface area contributed by atoms with Gasteiger partial charge >= 0.3 is 0 Å². The molecular weight excluding hydrogens is 348 g/mol. The summed E-state index contributed by atoms with van der Waals surface area (Å²) in [6.07, 6.45) is 2.17. The molecule has 1 amide bonds. The second kappa shape index (κ2) is 8.49. The van der Waals surface area contributed by atoms with Gasteiger partial charge in [-0.3, -0.25) is 9.69 Å². The summed E-state index contributed by atoms with van der Waals surface area (Å²) < 4.78 is 15.7. The van der Waals surface area contributed by atoms with Gasteiger partial charge in [0.2, 0.25) is 5.75 Å². The quantitative estimate of drug-likeness (QED) is 0.764. The summed E-state index contributed by atoms with van der Waals surface area (Å²) in [6, 6.07) is 0.306. The summed E-state index contributed by atoms with van der Waals surface area (Å²) >= 11 is 6.13. The van der Waals surface area contributed by atoms with Crippen LogP contribution >= 0.6 is 11.6 Å². The molecule has 0 spiro atoms. The first kappa shape index (κ1) is 19.5. The maximum atomic E-state index is 12.8. The van der Waals surface area contributed by atoms with Crippen molar-refractivity contribution >= 4 is 17.5 Å². The molecule has 7 nitrogen and oxygen atoms in total. The highest BCUT2D eigenvalue weighted by Crippen LogP contribution is 2.50. The monoisotopic (exact) mass is 372 g/mol. The Morgan fingerprint density at radius 2 is 1.88 bits per heavy atom. The van der Waals surface area contributed by atoms with Crippen molar-refractivity contribution in [3.63, 3.8) is 0 Å². The Kier molecular flexibility index (Phi) is 6.61. The molecule has 1 aliphatic rings. The van der Waals surface area contributed by atoms with Crippen LogP contribution in [0.1, 0.15) is 30.1 Å². The van der Waals surface area contributed by atoms with E-state index in [-0.39, 0.29) is 33.6 Å². The molecule has 2 N–H and O–H groups in total. The lowest BCUT2D eigenvalue weighted by molar-refractivity contribution is 0.0934. The van der Waals surface area contributed by atoms with E-state index in [1.165, 1.54) is 21.3 Å². The average molecular weight is 373 g/mol. The number of phenols is 1. The molecule has 1 aliphatic heterocycles. The second-order valence-electron chi connectivity index (χ2n) is 5.77. The number of phenolic OH excluding ortho intramolecular Hbond substituents is 1. The third-order valence-corrected chi connectivity index (χ3v) is 4.88. The molecule has 1 atom stereocenters. The van der Waals surface area contributed by atoms with E-state index in [1.807, 2.05) is 0 Å². The summed E-state index contributed by atoms with van der Waals surface area (Å²) in [6.45, 7) is 4.62. The predicted octanol–water partition coefficient (Wildman–Crippen LogP) is 2.29. The molecule has 0 radical (unpaired) electrons. The number of likely N-dealkylation sites (tertiary alicyclic amines) is 1. The van der Waals surface area contributed by atoms with Gasteiger partial charge in [0.25, 0.3) is 5.91 Å². The first-order valence-electron chi connectivity index (χ1n) is 8.22. The van der Waals surface area contributed by atoms with Crippen molar-refractivity contribution in [3.05, 3.63) is 10.6 Å². The Morgan fingerprint density at radius 1 is 1.24 bits per heavy atom. The number of aromatic hydroxyl groups is 1. The van der Waals surface area contributed by atoms with Crippen LogP contribution in [-0.2, 0) is 0 Å².